The van der Waals surface area contributed by atoms with Gasteiger partial charge >= 0.3 is 0 Å². The largest absolute Gasteiger partial charge is 0.323 e. The van der Waals surface area contributed by atoms with E-state index in [0.717, 1.165) is 14.5 Å². The summed E-state index contributed by atoms with van der Waals surface area (Å²) >= 11 is 6.77. The Labute approximate surface area is 149 Å². The van der Waals surface area contributed by atoms with E-state index in [9.17, 15) is 4.79 Å². The topological polar surface area (TPSA) is 72.7 Å². The molecule has 1 heterocycles. The molecule has 3 rings (SSSR count). The highest BCUT2D eigenvalue weighted by Gasteiger charge is 2.10. The van der Waals surface area contributed by atoms with E-state index in [0.29, 0.717) is 11.5 Å². The second-order valence-electron chi connectivity index (χ2n) is 4.68. The Morgan fingerprint density at radius 1 is 1.13 bits per heavy atom. The molecule has 2 aromatic carbocycles. The average Bonchev–Trinajstić information content (AvgIpc) is 2.99. The number of benzene rings is 2. The van der Waals surface area contributed by atoms with Crippen molar-refractivity contribution in [2.45, 2.75) is 6.54 Å². The number of nitrogens with zero attached hydrogens (tertiary/aromatic N) is 4. The van der Waals surface area contributed by atoms with Gasteiger partial charge in [0.05, 0.1) is 5.69 Å². The normalized spacial score (nSPS) is 10.5. The summed E-state index contributed by atoms with van der Waals surface area (Å²) in [6.07, 6.45) is 0. The molecule has 1 aromatic heterocycles. The van der Waals surface area contributed by atoms with Crippen molar-refractivity contribution < 1.29 is 4.79 Å². The number of hydrogen-bond donors (Lipinski definition) is 1. The zero-order valence-electron chi connectivity index (χ0n) is 11.8. The first-order valence-electron chi connectivity index (χ1n) is 6.70. The maximum Gasteiger partial charge on any atom is 0.248 e. The van der Waals surface area contributed by atoms with Crippen LogP contribution in [0.15, 0.2) is 57.5 Å². The lowest BCUT2D eigenvalue weighted by atomic mass is 10.2. The van der Waals surface area contributed by atoms with E-state index in [2.05, 4.69) is 52.6 Å². The standard InChI is InChI=1S/C15H11Br2N5O/c16-11-6-7-13(12(17)8-11)18-14(23)9-22-20-15(19-21-22)10-4-2-1-3-5-10/h1-8H,9H2,(H,18,23). The third-order valence-electron chi connectivity index (χ3n) is 2.98. The summed E-state index contributed by atoms with van der Waals surface area (Å²) < 4.78 is 1.71. The van der Waals surface area contributed by atoms with Gasteiger partial charge in [-0.25, -0.2) is 0 Å². The first-order valence-corrected chi connectivity index (χ1v) is 8.28. The number of hydrogen-bond acceptors (Lipinski definition) is 4. The lowest BCUT2D eigenvalue weighted by molar-refractivity contribution is -0.117. The summed E-state index contributed by atoms with van der Waals surface area (Å²) in [5, 5.41) is 14.9. The molecule has 0 aliphatic carbocycles. The molecule has 23 heavy (non-hydrogen) atoms. The van der Waals surface area contributed by atoms with E-state index in [4.69, 9.17) is 0 Å². The van der Waals surface area contributed by atoms with Gasteiger partial charge in [0.15, 0.2) is 0 Å². The van der Waals surface area contributed by atoms with Gasteiger partial charge in [-0.2, -0.15) is 4.80 Å². The molecule has 0 radical (unpaired) electrons. The fraction of sp³-hybridized carbons (Fsp3) is 0.0667. The zero-order valence-corrected chi connectivity index (χ0v) is 15.0. The van der Waals surface area contributed by atoms with Gasteiger partial charge in [0.25, 0.3) is 0 Å². The molecule has 0 spiro atoms. The molecule has 1 N–H and O–H groups in total. The Kier molecular flexibility index (Phi) is 4.82. The summed E-state index contributed by atoms with van der Waals surface area (Å²) in [5.41, 5.74) is 1.54. The Morgan fingerprint density at radius 2 is 1.91 bits per heavy atom. The highest BCUT2D eigenvalue weighted by Crippen LogP contribution is 2.26. The SMILES string of the molecule is O=C(Cn1nnc(-c2ccccc2)n1)Nc1ccc(Br)cc1Br. The minimum Gasteiger partial charge on any atom is -0.323 e. The Bertz CT molecular complexity index is 835. The van der Waals surface area contributed by atoms with Crippen LogP contribution in [-0.2, 0) is 11.3 Å². The third-order valence-corrected chi connectivity index (χ3v) is 4.12. The summed E-state index contributed by atoms with van der Waals surface area (Å²) in [6.45, 7) is -0.0116. The average molecular weight is 437 g/mol. The van der Waals surface area contributed by atoms with Gasteiger partial charge in [-0.3, -0.25) is 4.79 Å². The quantitative estimate of drug-likeness (QED) is 0.679. The van der Waals surface area contributed by atoms with Crippen molar-refractivity contribution in [2.24, 2.45) is 0 Å². The molecule has 0 aliphatic heterocycles. The van der Waals surface area contributed by atoms with Crippen LogP contribution in [0.2, 0.25) is 0 Å². The first-order chi connectivity index (χ1) is 11.1. The summed E-state index contributed by atoms with van der Waals surface area (Å²) in [4.78, 5) is 13.4. The number of rotatable bonds is 4. The Hall–Kier alpha value is -2.06. The van der Waals surface area contributed by atoms with Crippen molar-refractivity contribution in [2.75, 3.05) is 5.32 Å². The minimum atomic E-state index is -0.231. The summed E-state index contributed by atoms with van der Waals surface area (Å²) in [6, 6.07) is 15.0. The predicted molar refractivity (Wildman–Crippen MR) is 93.7 cm³/mol. The second kappa shape index (κ2) is 7.01. The van der Waals surface area contributed by atoms with E-state index >= 15 is 0 Å². The van der Waals surface area contributed by atoms with Crippen LogP contribution in [-0.4, -0.2) is 26.1 Å². The van der Waals surface area contributed by atoms with Crippen LogP contribution < -0.4 is 5.32 Å². The van der Waals surface area contributed by atoms with Crippen molar-refractivity contribution >= 4 is 43.5 Å². The van der Waals surface area contributed by atoms with Gasteiger partial charge in [-0.1, -0.05) is 46.3 Å². The molecule has 0 fully saturated rings. The van der Waals surface area contributed by atoms with Crippen LogP contribution in [0.4, 0.5) is 5.69 Å². The van der Waals surface area contributed by atoms with Crippen molar-refractivity contribution in [1.29, 1.82) is 0 Å². The minimum absolute atomic E-state index is 0.0116. The van der Waals surface area contributed by atoms with Crippen molar-refractivity contribution in [3.63, 3.8) is 0 Å². The molecule has 3 aromatic rings. The number of carbonyl (C=O) groups excluding carboxylic acids is 1. The van der Waals surface area contributed by atoms with Crippen molar-refractivity contribution in [1.82, 2.24) is 20.2 Å². The van der Waals surface area contributed by atoms with E-state index in [-0.39, 0.29) is 12.5 Å². The number of tetrazole rings is 1. The second-order valence-corrected chi connectivity index (χ2v) is 6.45. The molecule has 6 nitrogen and oxygen atoms in total. The maximum atomic E-state index is 12.1. The van der Waals surface area contributed by atoms with Crippen LogP contribution in [0.25, 0.3) is 11.4 Å². The van der Waals surface area contributed by atoms with Gasteiger partial charge in [0.1, 0.15) is 6.54 Å². The van der Waals surface area contributed by atoms with Crippen LogP contribution >= 0.6 is 31.9 Å². The van der Waals surface area contributed by atoms with Gasteiger partial charge in [-0.05, 0) is 39.3 Å². The van der Waals surface area contributed by atoms with Gasteiger partial charge in [0, 0.05) is 14.5 Å². The van der Waals surface area contributed by atoms with Gasteiger partial charge in [-0.15, -0.1) is 10.2 Å². The third kappa shape index (κ3) is 4.02. The fourth-order valence-corrected chi connectivity index (χ4v) is 3.07. The van der Waals surface area contributed by atoms with Crippen LogP contribution in [0.5, 0.6) is 0 Å². The summed E-state index contributed by atoms with van der Waals surface area (Å²) in [5.74, 6) is 0.258. The number of halogens is 2. The molecular weight excluding hydrogens is 426 g/mol. The van der Waals surface area contributed by atoms with E-state index < -0.39 is 0 Å². The maximum absolute atomic E-state index is 12.1. The van der Waals surface area contributed by atoms with E-state index in [1.54, 1.807) is 6.07 Å². The molecule has 0 unspecified atom stereocenters. The van der Waals surface area contributed by atoms with Crippen molar-refractivity contribution in [3.8, 4) is 11.4 Å². The van der Waals surface area contributed by atoms with Gasteiger partial charge < -0.3 is 5.32 Å². The zero-order chi connectivity index (χ0) is 16.2. The molecule has 0 saturated carbocycles. The monoisotopic (exact) mass is 435 g/mol. The predicted octanol–water partition coefficient (Wildman–Crippen LogP) is 3.50. The molecule has 0 aliphatic rings. The molecule has 0 atom stereocenters. The molecular formula is C15H11Br2N5O. The first kappa shape index (κ1) is 15.8. The lowest BCUT2D eigenvalue weighted by Crippen LogP contribution is -2.20. The molecule has 0 bridgehead atoms. The van der Waals surface area contributed by atoms with E-state index in [1.165, 1.54) is 4.80 Å². The number of nitrogens with one attached hydrogen (secondary N) is 1. The number of carbonyl (C=O) groups is 1. The van der Waals surface area contributed by atoms with Crippen molar-refractivity contribution in [3.05, 3.63) is 57.5 Å². The molecule has 1 amide bonds. The molecule has 0 saturated heterocycles. The summed E-state index contributed by atoms with van der Waals surface area (Å²) in [7, 11) is 0. The number of anilines is 1. The van der Waals surface area contributed by atoms with Crippen LogP contribution in [0.3, 0.4) is 0 Å². The Morgan fingerprint density at radius 3 is 2.65 bits per heavy atom. The molecule has 116 valence electrons. The van der Waals surface area contributed by atoms with Crippen LogP contribution in [0.1, 0.15) is 0 Å². The highest BCUT2D eigenvalue weighted by molar-refractivity contribution is 9.11. The number of aromatic nitrogens is 4. The fourth-order valence-electron chi connectivity index (χ4n) is 1.92. The molecule has 8 heteroatoms. The van der Waals surface area contributed by atoms with Gasteiger partial charge in [0.2, 0.25) is 11.7 Å². The van der Waals surface area contributed by atoms with E-state index in [1.807, 2.05) is 42.5 Å². The Balaban J connectivity index is 1.68. The smallest absolute Gasteiger partial charge is 0.248 e. The lowest BCUT2D eigenvalue weighted by Gasteiger charge is -2.07. The highest BCUT2D eigenvalue weighted by atomic mass is 79.9. The van der Waals surface area contributed by atoms with Crippen LogP contribution in [0, 0.1) is 0 Å². The number of amides is 1.